The van der Waals surface area contributed by atoms with E-state index in [4.69, 9.17) is 4.98 Å². The van der Waals surface area contributed by atoms with Gasteiger partial charge in [-0.3, -0.25) is 9.48 Å². The van der Waals surface area contributed by atoms with E-state index in [1.807, 2.05) is 19.4 Å². The van der Waals surface area contributed by atoms with Crippen molar-refractivity contribution in [1.82, 2.24) is 24.5 Å². The van der Waals surface area contributed by atoms with Crippen LogP contribution in [-0.2, 0) is 22.5 Å². The summed E-state index contributed by atoms with van der Waals surface area (Å²) in [5, 5.41) is 7.53. The van der Waals surface area contributed by atoms with Crippen LogP contribution in [-0.4, -0.2) is 46.2 Å². The molecule has 5 rings (SSSR count). The van der Waals surface area contributed by atoms with Gasteiger partial charge in [-0.25, -0.2) is 14.7 Å². The van der Waals surface area contributed by atoms with Crippen LogP contribution in [0.5, 0.6) is 0 Å². The zero-order valence-electron chi connectivity index (χ0n) is 23.4. The normalized spacial score (nSPS) is 22.7. The highest BCUT2D eigenvalue weighted by Gasteiger charge is 2.41. The minimum atomic E-state index is -4.24. The molecule has 3 aromatic rings. The monoisotopic (exact) mass is 551 g/mol. The van der Waals surface area contributed by atoms with Crippen LogP contribution >= 0.6 is 0 Å². The van der Waals surface area contributed by atoms with Gasteiger partial charge in [0, 0.05) is 42.0 Å². The van der Waals surface area contributed by atoms with Gasteiger partial charge in [-0.05, 0) is 63.3 Å². The Morgan fingerprint density at radius 3 is 2.54 bits per heavy atom. The van der Waals surface area contributed by atoms with Gasteiger partial charge in [0.2, 0.25) is 0 Å². The SMILES string of the molecule is Cn1cc(C2CC[C@@H]3CN(c4nc(C(C)(C)C)ccc4C(=O)NS(=O)(=O)c4cccc(n4)N2)C(C)(C)C3)cn1. The highest BCUT2D eigenvalue weighted by Crippen LogP contribution is 2.41. The first kappa shape index (κ1) is 27.1. The molecule has 11 heteroatoms. The predicted octanol–water partition coefficient (Wildman–Crippen LogP) is 4.18. The number of rotatable bonds is 1. The molecule has 0 aliphatic carbocycles. The van der Waals surface area contributed by atoms with E-state index < -0.39 is 15.9 Å². The van der Waals surface area contributed by atoms with Gasteiger partial charge in [-0.15, -0.1) is 0 Å². The molecule has 2 atom stereocenters. The smallest absolute Gasteiger partial charge is 0.281 e. The summed E-state index contributed by atoms with van der Waals surface area (Å²) in [6, 6.07) is 8.12. The summed E-state index contributed by atoms with van der Waals surface area (Å²) in [5.41, 5.74) is 1.55. The number of fused-ring (bicyclic) bond motifs is 6. The Kier molecular flexibility index (Phi) is 6.69. The van der Waals surface area contributed by atoms with Crippen molar-refractivity contribution < 1.29 is 13.2 Å². The number of aryl methyl sites for hydroxylation is 1. The minimum absolute atomic E-state index is 0.112. The lowest BCUT2D eigenvalue weighted by molar-refractivity contribution is 0.0981. The van der Waals surface area contributed by atoms with E-state index in [-0.39, 0.29) is 27.6 Å². The van der Waals surface area contributed by atoms with Crippen LogP contribution < -0.4 is 14.9 Å². The van der Waals surface area contributed by atoms with Crippen LogP contribution in [0.15, 0.2) is 47.8 Å². The fraction of sp³-hybridized carbons (Fsp3) is 0.500. The molecule has 0 aromatic carbocycles. The first-order valence-corrected chi connectivity index (χ1v) is 14.8. The van der Waals surface area contributed by atoms with Gasteiger partial charge >= 0.3 is 0 Å². The van der Waals surface area contributed by atoms with Gasteiger partial charge in [0.05, 0.1) is 17.8 Å². The molecule has 2 aliphatic rings. The third kappa shape index (κ3) is 5.50. The van der Waals surface area contributed by atoms with Gasteiger partial charge < -0.3 is 10.2 Å². The maximum atomic E-state index is 13.5. The average Bonchev–Trinajstić information content (AvgIpc) is 3.42. The number of carbonyl (C=O) groups is 1. The van der Waals surface area contributed by atoms with Crippen LogP contribution in [0.2, 0.25) is 0 Å². The molecular formula is C28H37N7O3S. The quantitative estimate of drug-likeness (QED) is 0.462. The number of hydrogen-bond donors (Lipinski definition) is 2. The maximum Gasteiger partial charge on any atom is 0.281 e. The van der Waals surface area contributed by atoms with E-state index in [1.165, 1.54) is 6.07 Å². The van der Waals surface area contributed by atoms with Gasteiger partial charge in [0.15, 0.2) is 5.03 Å². The van der Waals surface area contributed by atoms with Gasteiger partial charge in [0.1, 0.15) is 11.6 Å². The maximum absolute atomic E-state index is 13.5. The molecule has 4 bridgehead atoms. The third-order valence-electron chi connectivity index (χ3n) is 7.64. The summed E-state index contributed by atoms with van der Waals surface area (Å²) in [6.07, 6.45) is 6.43. The Balaban J connectivity index is 1.63. The van der Waals surface area contributed by atoms with E-state index in [0.717, 1.165) is 30.5 Å². The standard InChI is InChI=1S/C28H37N7O3S/c1-27(2,3)22-13-11-20-25(31-22)35-16-18(14-28(35,4)5)10-12-21(19-15-29-34(6)17-19)30-23-8-7-9-24(32-23)39(37,38)33-26(20)36/h7-9,11,13,15,17-18,21H,10,12,14,16H2,1-6H3,(H,30,32)(H,33,36)/t18-,21?/m0/s1. The molecule has 10 nitrogen and oxygen atoms in total. The Hall–Kier alpha value is -3.47. The van der Waals surface area contributed by atoms with Crippen molar-refractivity contribution in [3.8, 4) is 0 Å². The van der Waals surface area contributed by atoms with E-state index in [9.17, 15) is 13.2 Å². The van der Waals surface area contributed by atoms with Gasteiger partial charge in [-0.1, -0.05) is 26.8 Å². The summed E-state index contributed by atoms with van der Waals surface area (Å²) in [4.78, 5) is 25.0. The molecule has 2 aliphatic heterocycles. The average molecular weight is 552 g/mol. The van der Waals surface area contributed by atoms with E-state index in [1.54, 1.807) is 28.9 Å². The lowest BCUT2D eigenvalue weighted by atomic mass is 9.90. The van der Waals surface area contributed by atoms with Crippen molar-refractivity contribution in [2.75, 3.05) is 16.8 Å². The minimum Gasteiger partial charge on any atom is -0.363 e. The number of nitrogens with one attached hydrogen (secondary N) is 2. The van der Waals surface area contributed by atoms with E-state index in [2.05, 4.69) is 59.6 Å². The molecule has 2 N–H and O–H groups in total. The van der Waals surface area contributed by atoms with Crippen molar-refractivity contribution in [2.24, 2.45) is 13.0 Å². The number of anilines is 2. The highest BCUT2D eigenvalue weighted by atomic mass is 32.2. The van der Waals surface area contributed by atoms with Crippen LogP contribution in [0.25, 0.3) is 0 Å². The molecule has 1 unspecified atom stereocenters. The number of carbonyl (C=O) groups excluding carboxylic acids is 1. The molecule has 1 amide bonds. The highest BCUT2D eigenvalue weighted by molar-refractivity contribution is 7.90. The lowest BCUT2D eigenvalue weighted by Crippen LogP contribution is -2.41. The zero-order valence-corrected chi connectivity index (χ0v) is 24.2. The summed E-state index contributed by atoms with van der Waals surface area (Å²) < 4.78 is 30.6. The number of sulfonamides is 1. The molecule has 1 fully saturated rings. The predicted molar refractivity (Wildman–Crippen MR) is 150 cm³/mol. The second-order valence-corrected chi connectivity index (χ2v) is 14.0. The fourth-order valence-corrected chi connectivity index (χ4v) is 6.53. The number of aromatic nitrogens is 4. The fourth-order valence-electron chi connectivity index (χ4n) is 5.60. The van der Waals surface area contributed by atoms with Gasteiger partial charge in [-0.2, -0.15) is 13.5 Å². The molecule has 0 radical (unpaired) electrons. The van der Waals surface area contributed by atoms with Crippen LogP contribution in [0, 0.1) is 5.92 Å². The lowest BCUT2D eigenvalue weighted by Gasteiger charge is -2.34. The zero-order chi connectivity index (χ0) is 28.2. The number of nitrogens with zero attached hydrogens (tertiary/aromatic N) is 5. The van der Waals surface area contributed by atoms with Crippen LogP contribution in [0.3, 0.4) is 0 Å². The van der Waals surface area contributed by atoms with E-state index >= 15 is 0 Å². The number of amides is 1. The largest absolute Gasteiger partial charge is 0.363 e. The first-order chi connectivity index (χ1) is 18.2. The van der Waals surface area contributed by atoms with Crippen LogP contribution in [0.4, 0.5) is 11.6 Å². The number of hydrogen-bond acceptors (Lipinski definition) is 8. The second kappa shape index (κ2) is 9.62. The summed E-state index contributed by atoms with van der Waals surface area (Å²) in [5.74, 6) is 0.561. The molecule has 0 spiro atoms. The molecule has 0 saturated carbocycles. The number of pyridine rings is 2. The summed E-state index contributed by atoms with van der Waals surface area (Å²) >= 11 is 0. The molecule has 3 aromatic heterocycles. The molecule has 39 heavy (non-hydrogen) atoms. The summed E-state index contributed by atoms with van der Waals surface area (Å²) in [6.45, 7) is 11.2. The Labute approximate surface area is 230 Å². The molecule has 5 heterocycles. The van der Waals surface area contributed by atoms with Gasteiger partial charge in [0.25, 0.3) is 15.9 Å². The Morgan fingerprint density at radius 2 is 1.85 bits per heavy atom. The summed E-state index contributed by atoms with van der Waals surface area (Å²) in [7, 11) is -2.37. The van der Waals surface area contributed by atoms with E-state index in [0.29, 0.717) is 24.1 Å². The molecule has 1 saturated heterocycles. The van der Waals surface area contributed by atoms with Crippen molar-refractivity contribution in [1.29, 1.82) is 0 Å². The Bertz CT molecular complexity index is 1510. The second-order valence-electron chi connectivity index (χ2n) is 12.3. The van der Waals surface area contributed by atoms with Crippen molar-refractivity contribution >= 4 is 27.6 Å². The van der Waals surface area contributed by atoms with Crippen molar-refractivity contribution in [3.05, 3.63) is 59.5 Å². The first-order valence-electron chi connectivity index (χ1n) is 13.3. The third-order valence-corrected chi connectivity index (χ3v) is 8.87. The van der Waals surface area contributed by atoms with Crippen LogP contribution in [0.1, 0.15) is 81.5 Å². The van der Waals surface area contributed by atoms with Crippen molar-refractivity contribution in [2.45, 2.75) is 75.9 Å². The molecule has 208 valence electrons. The Morgan fingerprint density at radius 1 is 1.08 bits per heavy atom. The molecular weight excluding hydrogens is 514 g/mol. The topological polar surface area (TPSA) is 122 Å². The van der Waals surface area contributed by atoms with Crippen molar-refractivity contribution in [3.63, 3.8) is 0 Å².